The van der Waals surface area contributed by atoms with Crippen LogP contribution in [0.3, 0.4) is 0 Å². The summed E-state index contributed by atoms with van der Waals surface area (Å²) in [6.45, 7) is 2.16. The first kappa shape index (κ1) is 12.6. The normalized spacial score (nSPS) is 30.3. The van der Waals surface area contributed by atoms with Crippen molar-refractivity contribution in [3.8, 4) is 0 Å². The van der Waals surface area contributed by atoms with Crippen molar-refractivity contribution in [2.75, 3.05) is 13.2 Å². The van der Waals surface area contributed by atoms with Crippen molar-refractivity contribution in [3.05, 3.63) is 0 Å². The van der Waals surface area contributed by atoms with E-state index in [2.05, 4.69) is 5.32 Å². The van der Waals surface area contributed by atoms with E-state index in [1.807, 2.05) is 0 Å². The molecule has 2 saturated carbocycles. The SMILES string of the molecule is CCOC(=O)C(CN1C(=O)C2CC2C1=O)NC1CC1. The quantitative estimate of drug-likeness (QED) is 0.526. The largest absolute Gasteiger partial charge is 0.465 e. The molecule has 0 aromatic rings. The van der Waals surface area contributed by atoms with Crippen molar-refractivity contribution in [2.24, 2.45) is 11.8 Å². The first-order valence-corrected chi connectivity index (χ1v) is 6.89. The molecule has 3 aliphatic rings. The van der Waals surface area contributed by atoms with E-state index in [0.717, 1.165) is 12.8 Å². The number of fused-ring (bicyclic) bond motifs is 1. The van der Waals surface area contributed by atoms with Crippen LogP contribution in [0, 0.1) is 11.8 Å². The Morgan fingerprint density at radius 1 is 1.37 bits per heavy atom. The van der Waals surface area contributed by atoms with Crippen LogP contribution in [-0.4, -0.2) is 47.9 Å². The second-order valence-electron chi connectivity index (χ2n) is 5.48. The fourth-order valence-electron chi connectivity index (χ4n) is 2.58. The summed E-state index contributed by atoms with van der Waals surface area (Å²) < 4.78 is 5.00. The molecule has 19 heavy (non-hydrogen) atoms. The summed E-state index contributed by atoms with van der Waals surface area (Å²) >= 11 is 0. The van der Waals surface area contributed by atoms with Crippen molar-refractivity contribution in [1.29, 1.82) is 0 Å². The van der Waals surface area contributed by atoms with Crippen LogP contribution in [0.1, 0.15) is 26.2 Å². The van der Waals surface area contributed by atoms with Gasteiger partial charge in [-0.15, -0.1) is 0 Å². The van der Waals surface area contributed by atoms with Crippen LogP contribution < -0.4 is 5.32 Å². The van der Waals surface area contributed by atoms with Gasteiger partial charge in [0.15, 0.2) is 0 Å². The van der Waals surface area contributed by atoms with Gasteiger partial charge < -0.3 is 10.1 Å². The minimum absolute atomic E-state index is 0.111. The number of nitrogens with one attached hydrogen (secondary N) is 1. The fourth-order valence-corrected chi connectivity index (χ4v) is 2.58. The van der Waals surface area contributed by atoms with Crippen molar-refractivity contribution in [2.45, 2.75) is 38.3 Å². The van der Waals surface area contributed by atoms with Crippen LogP contribution in [0.25, 0.3) is 0 Å². The number of imide groups is 1. The molecule has 2 amide bonds. The van der Waals surface area contributed by atoms with Gasteiger partial charge in [-0.05, 0) is 26.2 Å². The van der Waals surface area contributed by atoms with E-state index in [1.54, 1.807) is 6.92 Å². The molecule has 0 bridgehead atoms. The molecule has 3 unspecified atom stereocenters. The van der Waals surface area contributed by atoms with Gasteiger partial charge in [0.1, 0.15) is 6.04 Å². The maximum absolute atomic E-state index is 11.9. The molecule has 1 aliphatic heterocycles. The molecule has 2 aliphatic carbocycles. The number of carbonyl (C=O) groups excluding carboxylic acids is 3. The van der Waals surface area contributed by atoms with Gasteiger partial charge in [-0.2, -0.15) is 0 Å². The minimum atomic E-state index is -0.585. The van der Waals surface area contributed by atoms with Crippen molar-refractivity contribution in [1.82, 2.24) is 10.2 Å². The van der Waals surface area contributed by atoms with Gasteiger partial charge >= 0.3 is 5.97 Å². The maximum atomic E-state index is 11.9. The maximum Gasteiger partial charge on any atom is 0.325 e. The van der Waals surface area contributed by atoms with E-state index >= 15 is 0 Å². The molecule has 0 spiro atoms. The van der Waals surface area contributed by atoms with Gasteiger partial charge in [0.25, 0.3) is 0 Å². The van der Waals surface area contributed by atoms with Crippen LogP contribution in [0.2, 0.25) is 0 Å². The number of hydrogen-bond acceptors (Lipinski definition) is 5. The lowest BCUT2D eigenvalue weighted by Crippen LogP contribution is -2.50. The Hall–Kier alpha value is -1.43. The number of piperidine rings is 1. The molecule has 0 radical (unpaired) electrons. The number of carbonyl (C=O) groups is 3. The molecule has 1 N–H and O–H groups in total. The summed E-state index contributed by atoms with van der Waals surface area (Å²) in [5.74, 6) is -0.855. The molecular formula is C13H18N2O4. The van der Waals surface area contributed by atoms with Crippen molar-refractivity contribution >= 4 is 17.8 Å². The number of rotatable bonds is 6. The monoisotopic (exact) mass is 266 g/mol. The van der Waals surface area contributed by atoms with E-state index in [0.29, 0.717) is 19.1 Å². The van der Waals surface area contributed by atoms with Gasteiger partial charge in [0.2, 0.25) is 11.8 Å². The van der Waals surface area contributed by atoms with Gasteiger partial charge in [-0.25, -0.2) is 0 Å². The smallest absolute Gasteiger partial charge is 0.325 e. The van der Waals surface area contributed by atoms with Gasteiger partial charge in [-0.3, -0.25) is 19.3 Å². The van der Waals surface area contributed by atoms with Crippen LogP contribution >= 0.6 is 0 Å². The van der Waals surface area contributed by atoms with Gasteiger partial charge in [0.05, 0.1) is 25.0 Å². The van der Waals surface area contributed by atoms with E-state index in [-0.39, 0.29) is 36.2 Å². The lowest BCUT2D eigenvalue weighted by molar-refractivity contribution is -0.148. The molecule has 104 valence electrons. The average molecular weight is 266 g/mol. The minimum Gasteiger partial charge on any atom is -0.465 e. The lowest BCUT2D eigenvalue weighted by atomic mass is 10.2. The van der Waals surface area contributed by atoms with Gasteiger partial charge in [-0.1, -0.05) is 0 Å². The Kier molecular flexibility index (Phi) is 3.05. The molecule has 0 aromatic heterocycles. The summed E-state index contributed by atoms with van der Waals surface area (Å²) in [5, 5.41) is 3.15. The number of amides is 2. The van der Waals surface area contributed by atoms with Gasteiger partial charge in [0, 0.05) is 6.04 Å². The zero-order valence-corrected chi connectivity index (χ0v) is 10.9. The highest BCUT2D eigenvalue weighted by atomic mass is 16.5. The summed E-state index contributed by atoms with van der Waals surface area (Å²) in [4.78, 5) is 36.9. The summed E-state index contributed by atoms with van der Waals surface area (Å²) in [5.41, 5.74) is 0. The van der Waals surface area contributed by atoms with E-state index < -0.39 is 6.04 Å². The second-order valence-corrected chi connectivity index (χ2v) is 5.48. The summed E-state index contributed by atoms with van der Waals surface area (Å²) in [7, 11) is 0. The standard InChI is InChI=1S/C13H18N2O4/c1-2-19-13(18)10(14-7-3-4-7)6-15-11(16)8-5-9(8)12(15)17/h7-10,14H,2-6H2,1H3. The predicted octanol–water partition coefficient (Wildman–Crippen LogP) is -0.325. The van der Waals surface area contributed by atoms with E-state index in [4.69, 9.17) is 4.74 Å². The topological polar surface area (TPSA) is 75.7 Å². The summed E-state index contributed by atoms with van der Waals surface area (Å²) in [6, 6.07) is -0.269. The number of esters is 1. The number of nitrogens with zero attached hydrogens (tertiary/aromatic N) is 1. The zero-order valence-electron chi connectivity index (χ0n) is 10.9. The predicted molar refractivity (Wildman–Crippen MR) is 64.9 cm³/mol. The summed E-state index contributed by atoms with van der Waals surface area (Å²) in [6.07, 6.45) is 2.75. The average Bonchev–Trinajstić information content (AvgIpc) is 3.25. The van der Waals surface area contributed by atoms with Crippen LogP contribution in [-0.2, 0) is 19.1 Å². The highest BCUT2D eigenvalue weighted by Gasteiger charge is 2.59. The Labute approximate surface area is 111 Å². The number of hydrogen-bond donors (Lipinski definition) is 1. The van der Waals surface area contributed by atoms with Crippen LogP contribution in [0.4, 0.5) is 0 Å². The molecule has 0 aromatic carbocycles. The zero-order chi connectivity index (χ0) is 13.6. The number of likely N-dealkylation sites (tertiary alicyclic amines) is 1. The molecular weight excluding hydrogens is 248 g/mol. The molecule has 3 fully saturated rings. The van der Waals surface area contributed by atoms with Crippen LogP contribution in [0.15, 0.2) is 0 Å². The Balaban J connectivity index is 1.64. The lowest BCUT2D eigenvalue weighted by Gasteiger charge is -2.23. The van der Waals surface area contributed by atoms with Crippen molar-refractivity contribution < 1.29 is 19.1 Å². The van der Waals surface area contributed by atoms with E-state index in [1.165, 1.54) is 4.90 Å². The molecule has 1 saturated heterocycles. The third kappa shape index (κ3) is 2.36. The molecule has 1 heterocycles. The highest BCUT2D eigenvalue weighted by Crippen LogP contribution is 2.46. The molecule has 3 rings (SSSR count). The Morgan fingerprint density at radius 2 is 2.00 bits per heavy atom. The van der Waals surface area contributed by atoms with Crippen LogP contribution in [0.5, 0.6) is 0 Å². The first-order chi connectivity index (χ1) is 9.11. The Bertz CT molecular complexity index is 412. The Morgan fingerprint density at radius 3 is 2.53 bits per heavy atom. The van der Waals surface area contributed by atoms with E-state index in [9.17, 15) is 14.4 Å². The first-order valence-electron chi connectivity index (χ1n) is 6.89. The third-order valence-electron chi connectivity index (χ3n) is 3.91. The molecule has 6 heteroatoms. The number of ether oxygens (including phenoxy) is 1. The fraction of sp³-hybridized carbons (Fsp3) is 0.769. The third-order valence-corrected chi connectivity index (χ3v) is 3.91. The molecule has 3 atom stereocenters. The highest BCUT2D eigenvalue weighted by molar-refractivity contribution is 6.09. The second kappa shape index (κ2) is 4.59. The van der Waals surface area contributed by atoms with Crippen molar-refractivity contribution in [3.63, 3.8) is 0 Å². The molecule has 6 nitrogen and oxygen atoms in total.